The van der Waals surface area contributed by atoms with Gasteiger partial charge < -0.3 is 14.5 Å². The molecular weight excluding hydrogens is 316 g/mol. The molecule has 1 aliphatic carbocycles. The Bertz CT molecular complexity index is 621. The summed E-state index contributed by atoms with van der Waals surface area (Å²) < 4.78 is 5.87. The molecule has 1 saturated carbocycles. The van der Waals surface area contributed by atoms with Gasteiger partial charge in [0.1, 0.15) is 6.10 Å². The van der Waals surface area contributed by atoms with Crippen LogP contribution in [0.2, 0.25) is 0 Å². The van der Waals surface area contributed by atoms with Gasteiger partial charge in [-0.15, -0.1) is 0 Å². The summed E-state index contributed by atoms with van der Waals surface area (Å²) in [4.78, 5) is 29.0. The molecule has 0 bridgehead atoms. The standard InChI is InChI=1S/C20H26N2O3/c23-19(16-6-7-16)21-10-8-17(9-11-21)20(24)22-12-13-25-18(14-22)15-4-2-1-3-5-15/h1-5,16-18H,6-14H2. The van der Waals surface area contributed by atoms with Crippen LogP contribution in [0.1, 0.15) is 37.4 Å². The van der Waals surface area contributed by atoms with Crippen molar-refractivity contribution in [3.05, 3.63) is 35.9 Å². The maximum atomic E-state index is 12.9. The largest absolute Gasteiger partial charge is 0.370 e. The van der Waals surface area contributed by atoms with E-state index in [1.165, 1.54) is 0 Å². The number of hydrogen-bond acceptors (Lipinski definition) is 3. The van der Waals surface area contributed by atoms with Gasteiger partial charge in [-0.05, 0) is 31.2 Å². The molecule has 2 saturated heterocycles. The number of rotatable bonds is 3. The van der Waals surface area contributed by atoms with Crippen LogP contribution < -0.4 is 0 Å². The Morgan fingerprint density at radius 3 is 2.16 bits per heavy atom. The van der Waals surface area contributed by atoms with Crippen molar-refractivity contribution >= 4 is 11.8 Å². The van der Waals surface area contributed by atoms with E-state index >= 15 is 0 Å². The van der Waals surface area contributed by atoms with Crippen molar-refractivity contribution in [1.29, 1.82) is 0 Å². The summed E-state index contributed by atoms with van der Waals surface area (Å²) in [6.07, 6.45) is 3.66. The first kappa shape index (κ1) is 16.6. The maximum Gasteiger partial charge on any atom is 0.225 e. The molecule has 3 fully saturated rings. The highest BCUT2D eigenvalue weighted by Crippen LogP contribution is 2.33. The van der Waals surface area contributed by atoms with Crippen LogP contribution in [0.5, 0.6) is 0 Å². The molecule has 3 aliphatic rings. The van der Waals surface area contributed by atoms with E-state index in [1.807, 2.05) is 28.0 Å². The lowest BCUT2D eigenvalue weighted by molar-refractivity contribution is -0.147. The van der Waals surface area contributed by atoms with Gasteiger partial charge >= 0.3 is 0 Å². The first-order valence-electron chi connectivity index (χ1n) is 9.46. The summed E-state index contributed by atoms with van der Waals surface area (Å²) in [6, 6.07) is 10.1. The third kappa shape index (κ3) is 3.71. The van der Waals surface area contributed by atoms with E-state index in [2.05, 4.69) is 12.1 Å². The average molecular weight is 342 g/mol. The molecule has 1 aromatic carbocycles. The molecule has 2 aliphatic heterocycles. The van der Waals surface area contributed by atoms with Gasteiger partial charge in [0.25, 0.3) is 0 Å². The van der Waals surface area contributed by atoms with Crippen LogP contribution in [0.4, 0.5) is 0 Å². The average Bonchev–Trinajstić information content (AvgIpc) is 3.53. The van der Waals surface area contributed by atoms with Crippen LogP contribution in [0.25, 0.3) is 0 Å². The maximum absolute atomic E-state index is 12.9. The summed E-state index contributed by atoms with van der Waals surface area (Å²) in [7, 11) is 0. The summed E-state index contributed by atoms with van der Waals surface area (Å²) in [5.74, 6) is 0.875. The fourth-order valence-electron chi connectivity index (χ4n) is 3.91. The number of hydrogen-bond donors (Lipinski definition) is 0. The molecule has 4 rings (SSSR count). The minimum Gasteiger partial charge on any atom is -0.370 e. The van der Waals surface area contributed by atoms with Crippen molar-refractivity contribution in [2.75, 3.05) is 32.8 Å². The first-order chi connectivity index (χ1) is 12.2. The molecule has 5 nitrogen and oxygen atoms in total. The van der Waals surface area contributed by atoms with Crippen molar-refractivity contribution < 1.29 is 14.3 Å². The number of piperidine rings is 1. The molecule has 0 aromatic heterocycles. The lowest BCUT2D eigenvalue weighted by atomic mass is 9.94. The van der Waals surface area contributed by atoms with E-state index < -0.39 is 0 Å². The molecule has 1 atom stereocenters. The van der Waals surface area contributed by atoms with Gasteiger partial charge in [0, 0.05) is 31.5 Å². The second-order valence-corrected chi connectivity index (χ2v) is 7.43. The monoisotopic (exact) mass is 342 g/mol. The minimum atomic E-state index is -0.0320. The Morgan fingerprint density at radius 2 is 1.48 bits per heavy atom. The van der Waals surface area contributed by atoms with Crippen LogP contribution >= 0.6 is 0 Å². The quantitative estimate of drug-likeness (QED) is 0.846. The molecule has 0 radical (unpaired) electrons. The molecule has 2 amide bonds. The van der Waals surface area contributed by atoms with Gasteiger partial charge in [-0.25, -0.2) is 0 Å². The molecule has 2 heterocycles. The first-order valence-corrected chi connectivity index (χ1v) is 9.46. The highest BCUT2D eigenvalue weighted by atomic mass is 16.5. The number of nitrogens with zero attached hydrogens (tertiary/aromatic N) is 2. The predicted molar refractivity (Wildman–Crippen MR) is 93.7 cm³/mol. The van der Waals surface area contributed by atoms with Gasteiger partial charge in [-0.2, -0.15) is 0 Å². The third-order valence-electron chi connectivity index (χ3n) is 5.63. The van der Waals surface area contributed by atoms with Gasteiger partial charge in [0.2, 0.25) is 11.8 Å². The van der Waals surface area contributed by atoms with E-state index in [0.717, 1.165) is 44.3 Å². The van der Waals surface area contributed by atoms with Crippen molar-refractivity contribution in [3.63, 3.8) is 0 Å². The van der Waals surface area contributed by atoms with E-state index in [4.69, 9.17) is 4.74 Å². The number of carbonyl (C=O) groups excluding carboxylic acids is 2. The summed E-state index contributed by atoms with van der Waals surface area (Å²) in [5, 5.41) is 0. The second-order valence-electron chi connectivity index (χ2n) is 7.43. The fourth-order valence-corrected chi connectivity index (χ4v) is 3.91. The zero-order chi connectivity index (χ0) is 17.2. The second kappa shape index (κ2) is 7.16. The predicted octanol–water partition coefficient (Wildman–Crippen LogP) is 2.24. The number of morpholine rings is 1. The Morgan fingerprint density at radius 1 is 0.840 bits per heavy atom. The molecule has 5 heteroatoms. The van der Waals surface area contributed by atoms with Gasteiger partial charge in [0.15, 0.2) is 0 Å². The smallest absolute Gasteiger partial charge is 0.225 e. The van der Waals surface area contributed by atoms with E-state index in [1.54, 1.807) is 0 Å². The third-order valence-corrected chi connectivity index (χ3v) is 5.63. The van der Waals surface area contributed by atoms with Crippen LogP contribution in [0.15, 0.2) is 30.3 Å². The number of amides is 2. The van der Waals surface area contributed by atoms with Gasteiger partial charge in [0.05, 0.1) is 13.2 Å². The van der Waals surface area contributed by atoms with Crippen LogP contribution in [0.3, 0.4) is 0 Å². The van der Waals surface area contributed by atoms with Crippen molar-refractivity contribution in [3.8, 4) is 0 Å². The molecule has 134 valence electrons. The van der Waals surface area contributed by atoms with Gasteiger partial charge in [-0.3, -0.25) is 9.59 Å². The molecule has 1 aromatic rings. The van der Waals surface area contributed by atoms with E-state index in [0.29, 0.717) is 25.6 Å². The lowest BCUT2D eigenvalue weighted by Crippen LogP contribution is -2.48. The fraction of sp³-hybridized carbons (Fsp3) is 0.600. The Balaban J connectivity index is 1.32. The molecule has 0 spiro atoms. The number of ether oxygens (including phenoxy) is 1. The van der Waals surface area contributed by atoms with Crippen LogP contribution in [0, 0.1) is 11.8 Å². The van der Waals surface area contributed by atoms with Crippen molar-refractivity contribution in [2.24, 2.45) is 11.8 Å². The Hall–Kier alpha value is -1.88. The number of benzene rings is 1. The summed E-state index contributed by atoms with van der Waals surface area (Å²) >= 11 is 0. The van der Waals surface area contributed by atoms with Gasteiger partial charge in [-0.1, -0.05) is 30.3 Å². The van der Waals surface area contributed by atoms with Crippen molar-refractivity contribution in [2.45, 2.75) is 31.8 Å². The highest BCUT2D eigenvalue weighted by Gasteiger charge is 2.37. The van der Waals surface area contributed by atoms with E-state index in [9.17, 15) is 9.59 Å². The lowest BCUT2D eigenvalue weighted by Gasteiger charge is -2.38. The Kier molecular flexibility index (Phi) is 4.75. The van der Waals surface area contributed by atoms with Crippen LogP contribution in [-0.2, 0) is 14.3 Å². The molecule has 0 N–H and O–H groups in total. The zero-order valence-electron chi connectivity index (χ0n) is 14.6. The summed E-state index contributed by atoms with van der Waals surface area (Å²) in [6.45, 7) is 3.36. The summed E-state index contributed by atoms with van der Waals surface area (Å²) in [5.41, 5.74) is 1.13. The molecule has 1 unspecified atom stereocenters. The molecular formula is C20H26N2O3. The normalized spacial score (nSPS) is 25.0. The van der Waals surface area contributed by atoms with E-state index in [-0.39, 0.29) is 23.8 Å². The Labute approximate surface area is 148 Å². The van der Waals surface area contributed by atoms with Crippen LogP contribution in [-0.4, -0.2) is 54.4 Å². The number of likely N-dealkylation sites (tertiary alicyclic amines) is 1. The number of carbonyl (C=O) groups is 2. The topological polar surface area (TPSA) is 49.9 Å². The minimum absolute atomic E-state index is 0.0320. The molecule has 25 heavy (non-hydrogen) atoms. The highest BCUT2D eigenvalue weighted by molar-refractivity contribution is 5.82. The SMILES string of the molecule is O=C(C1CC1)N1CCC(C(=O)N2CCOC(c3ccccc3)C2)CC1. The zero-order valence-corrected chi connectivity index (χ0v) is 14.6. The van der Waals surface area contributed by atoms with Crippen molar-refractivity contribution in [1.82, 2.24) is 9.80 Å².